The van der Waals surface area contributed by atoms with Crippen molar-refractivity contribution in [3.63, 3.8) is 0 Å². The van der Waals surface area contributed by atoms with Crippen LogP contribution in [-0.4, -0.2) is 12.6 Å². The van der Waals surface area contributed by atoms with E-state index in [0.717, 1.165) is 0 Å². The van der Waals surface area contributed by atoms with Gasteiger partial charge in [-0.15, -0.1) is 0 Å². The largest absolute Gasteiger partial charge is 0.336 e. The minimum Gasteiger partial charge on any atom is -0.336 e. The highest BCUT2D eigenvalue weighted by Crippen LogP contribution is 2.31. The Kier molecular flexibility index (Phi) is 2.86. The fourth-order valence-corrected chi connectivity index (χ4v) is 2.68. The van der Waals surface area contributed by atoms with Crippen LogP contribution in [0.25, 0.3) is 0 Å². The van der Waals surface area contributed by atoms with E-state index in [0.29, 0.717) is 6.54 Å². The number of urea groups is 1. The lowest BCUT2D eigenvalue weighted by Gasteiger charge is -2.22. The molecule has 1 aromatic rings. The molecule has 0 saturated carbocycles. The van der Waals surface area contributed by atoms with Gasteiger partial charge >= 0.3 is 6.03 Å². The topological polar surface area (TPSA) is 41.1 Å². The van der Waals surface area contributed by atoms with Gasteiger partial charge in [-0.2, -0.15) is 0 Å². The molecule has 0 unspecified atom stereocenters. The zero-order valence-corrected chi connectivity index (χ0v) is 11.2. The molecule has 1 atom stereocenters. The van der Waals surface area contributed by atoms with Crippen molar-refractivity contribution in [1.29, 1.82) is 0 Å². The van der Waals surface area contributed by atoms with E-state index in [4.69, 9.17) is 0 Å². The third kappa shape index (κ3) is 1.79. The van der Waals surface area contributed by atoms with E-state index in [1.807, 2.05) is 0 Å². The van der Waals surface area contributed by atoms with Crippen LogP contribution in [-0.2, 0) is 0 Å². The van der Waals surface area contributed by atoms with Crippen LogP contribution in [0.4, 0.5) is 4.79 Å². The molecular formula is C14H20N2O. The molecule has 2 N–H and O–H groups in total. The molecule has 17 heavy (non-hydrogen) atoms. The van der Waals surface area contributed by atoms with Gasteiger partial charge < -0.3 is 10.6 Å². The minimum atomic E-state index is -0.0651. The number of hydrogen-bond donors (Lipinski definition) is 2. The molecule has 0 spiro atoms. The van der Waals surface area contributed by atoms with Crippen molar-refractivity contribution in [2.24, 2.45) is 0 Å². The Labute approximate surface area is 103 Å². The van der Waals surface area contributed by atoms with E-state index in [-0.39, 0.29) is 12.1 Å². The number of carbonyl (C=O) groups excluding carboxylic acids is 1. The van der Waals surface area contributed by atoms with Gasteiger partial charge in [-0.25, -0.2) is 4.79 Å². The smallest absolute Gasteiger partial charge is 0.315 e. The molecular weight excluding hydrogens is 212 g/mol. The molecule has 0 radical (unpaired) electrons. The molecule has 3 nitrogen and oxygen atoms in total. The fourth-order valence-electron chi connectivity index (χ4n) is 2.68. The summed E-state index contributed by atoms with van der Waals surface area (Å²) in [5.74, 6) is 0. The van der Waals surface area contributed by atoms with Crippen molar-refractivity contribution >= 4 is 6.03 Å². The van der Waals surface area contributed by atoms with Crippen molar-refractivity contribution in [1.82, 2.24) is 10.6 Å². The van der Waals surface area contributed by atoms with Crippen molar-refractivity contribution in [2.75, 3.05) is 6.54 Å². The first-order valence-corrected chi connectivity index (χ1v) is 6.04. The molecule has 3 heteroatoms. The van der Waals surface area contributed by atoms with Gasteiger partial charge in [-0.3, -0.25) is 0 Å². The van der Waals surface area contributed by atoms with Gasteiger partial charge in [0.15, 0.2) is 0 Å². The van der Waals surface area contributed by atoms with Crippen molar-refractivity contribution in [3.05, 3.63) is 33.4 Å². The van der Waals surface area contributed by atoms with Crippen LogP contribution in [0.1, 0.15) is 39.4 Å². The van der Waals surface area contributed by atoms with Crippen LogP contribution in [0.2, 0.25) is 0 Å². The average molecular weight is 232 g/mol. The van der Waals surface area contributed by atoms with E-state index in [9.17, 15) is 4.79 Å². The molecule has 1 fully saturated rings. The highest BCUT2D eigenvalue weighted by Gasteiger charge is 2.26. The second kappa shape index (κ2) is 4.06. The summed E-state index contributed by atoms with van der Waals surface area (Å²) >= 11 is 0. The van der Waals surface area contributed by atoms with Gasteiger partial charge in [-0.05, 0) is 68.0 Å². The maximum absolute atomic E-state index is 11.3. The molecule has 1 saturated heterocycles. The minimum absolute atomic E-state index is 0.0651. The lowest BCUT2D eigenvalue weighted by Crippen LogP contribution is -2.23. The Morgan fingerprint density at radius 1 is 0.882 bits per heavy atom. The van der Waals surface area contributed by atoms with Crippen molar-refractivity contribution in [3.8, 4) is 0 Å². The normalized spacial score (nSPS) is 19.1. The maximum atomic E-state index is 11.3. The molecule has 1 aromatic carbocycles. The molecule has 2 amide bonds. The Morgan fingerprint density at radius 3 is 1.76 bits per heavy atom. The number of hydrogen-bond acceptors (Lipinski definition) is 1. The van der Waals surface area contributed by atoms with E-state index in [1.165, 1.54) is 33.4 Å². The lowest BCUT2D eigenvalue weighted by molar-refractivity contribution is 0.247. The average Bonchev–Trinajstić information content (AvgIpc) is 2.71. The van der Waals surface area contributed by atoms with Crippen molar-refractivity contribution in [2.45, 2.75) is 40.7 Å². The second-order valence-corrected chi connectivity index (χ2v) is 4.95. The van der Waals surface area contributed by atoms with Gasteiger partial charge in [0.25, 0.3) is 0 Å². The molecule has 1 aliphatic rings. The summed E-state index contributed by atoms with van der Waals surface area (Å²) in [6.45, 7) is 11.5. The first-order chi connectivity index (χ1) is 7.93. The van der Waals surface area contributed by atoms with Gasteiger partial charge in [0.2, 0.25) is 0 Å². The summed E-state index contributed by atoms with van der Waals surface area (Å²) in [5, 5.41) is 5.80. The van der Waals surface area contributed by atoms with Gasteiger partial charge in [0.05, 0.1) is 6.04 Å². The second-order valence-electron chi connectivity index (χ2n) is 4.95. The standard InChI is InChI=1S/C14H20N2O/c1-7-8(2)10(4)13(11(5)9(7)3)12-6-15-14(17)16-12/h12H,6H2,1-5H3,(H2,15,16,17)/t12-/m1/s1. The predicted octanol–water partition coefficient (Wildman–Crippen LogP) is 2.58. The van der Waals surface area contributed by atoms with E-state index < -0.39 is 0 Å². The first-order valence-electron chi connectivity index (χ1n) is 6.04. The molecule has 0 aromatic heterocycles. The number of nitrogens with one attached hydrogen (secondary N) is 2. The van der Waals surface area contributed by atoms with Crippen LogP contribution in [0.5, 0.6) is 0 Å². The van der Waals surface area contributed by atoms with Crippen molar-refractivity contribution < 1.29 is 4.79 Å². The Morgan fingerprint density at radius 2 is 1.35 bits per heavy atom. The monoisotopic (exact) mass is 232 g/mol. The van der Waals surface area contributed by atoms with E-state index in [2.05, 4.69) is 45.3 Å². The fraction of sp³-hybridized carbons (Fsp3) is 0.500. The molecule has 0 bridgehead atoms. The predicted molar refractivity (Wildman–Crippen MR) is 69.4 cm³/mol. The van der Waals surface area contributed by atoms with E-state index in [1.54, 1.807) is 0 Å². The Balaban J connectivity index is 2.57. The summed E-state index contributed by atoms with van der Waals surface area (Å²) in [6.07, 6.45) is 0. The third-order valence-corrected chi connectivity index (χ3v) is 4.18. The van der Waals surface area contributed by atoms with Gasteiger partial charge in [0.1, 0.15) is 0 Å². The highest BCUT2D eigenvalue weighted by molar-refractivity contribution is 5.77. The van der Waals surface area contributed by atoms with Crippen LogP contribution >= 0.6 is 0 Å². The van der Waals surface area contributed by atoms with Gasteiger partial charge in [0, 0.05) is 6.54 Å². The summed E-state index contributed by atoms with van der Waals surface area (Å²) in [5.41, 5.74) is 7.93. The number of benzene rings is 1. The van der Waals surface area contributed by atoms with Gasteiger partial charge in [-0.1, -0.05) is 0 Å². The zero-order chi connectivity index (χ0) is 12.7. The number of carbonyl (C=O) groups is 1. The zero-order valence-electron chi connectivity index (χ0n) is 11.2. The number of rotatable bonds is 1. The first kappa shape index (κ1) is 12.0. The molecule has 1 heterocycles. The summed E-state index contributed by atoms with van der Waals surface area (Å²) in [4.78, 5) is 11.3. The quantitative estimate of drug-likeness (QED) is 0.767. The summed E-state index contributed by atoms with van der Waals surface area (Å²) < 4.78 is 0. The van der Waals surface area contributed by atoms with Crippen LogP contribution < -0.4 is 10.6 Å². The molecule has 0 aliphatic carbocycles. The summed E-state index contributed by atoms with van der Waals surface area (Å²) in [6, 6.07) is 0.0465. The molecule has 2 rings (SSSR count). The highest BCUT2D eigenvalue weighted by atomic mass is 16.2. The summed E-state index contributed by atoms with van der Waals surface area (Å²) in [7, 11) is 0. The Hall–Kier alpha value is -1.51. The van der Waals surface area contributed by atoms with Crippen LogP contribution in [0, 0.1) is 34.6 Å². The third-order valence-electron chi connectivity index (χ3n) is 4.18. The van der Waals surface area contributed by atoms with Crippen LogP contribution in [0.3, 0.4) is 0 Å². The maximum Gasteiger partial charge on any atom is 0.315 e. The molecule has 92 valence electrons. The van der Waals surface area contributed by atoms with Crippen LogP contribution in [0.15, 0.2) is 0 Å². The lowest BCUT2D eigenvalue weighted by atomic mass is 9.86. The SMILES string of the molecule is Cc1c(C)c(C)c([C@H]2CNC(=O)N2)c(C)c1C. The van der Waals surface area contributed by atoms with E-state index >= 15 is 0 Å². The Bertz CT molecular complexity index is 462. The molecule has 1 aliphatic heterocycles. The number of amides is 2.